The summed E-state index contributed by atoms with van der Waals surface area (Å²) in [4.78, 5) is 7.67. The maximum Gasteiger partial charge on any atom is 0.225 e. The van der Waals surface area contributed by atoms with Crippen molar-refractivity contribution in [3.05, 3.63) is 6.07 Å². The molecule has 1 aromatic rings. The van der Waals surface area contributed by atoms with Crippen LogP contribution in [0, 0.1) is 0 Å². The Kier molecular flexibility index (Phi) is 3.50. The van der Waals surface area contributed by atoms with Crippen molar-refractivity contribution in [1.82, 2.24) is 9.97 Å². The van der Waals surface area contributed by atoms with E-state index >= 15 is 0 Å². The first-order chi connectivity index (χ1) is 6.61. The molecule has 0 aliphatic rings. The van der Waals surface area contributed by atoms with E-state index in [2.05, 4.69) is 16.9 Å². The van der Waals surface area contributed by atoms with E-state index in [0.717, 1.165) is 12.8 Å². The average molecular weight is 196 g/mol. The molecule has 78 valence electrons. The molecule has 0 aliphatic carbocycles. The zero-order valence-electron chi connectivity index (χ0n) is 8.53. The van der Waals surface area contributed by atoms with Gasteiger partial charge in [0.25, 0.3) is 0 Å². The molecule has 0 fully saturated rings. The molecule has 0 radical (unpaired) electrons. The second kappa shape index (κ2) is 4.64. The topological polar surface area (TPSA) is 87.0 Å². The van der Waals surface area contributed by atoms with Gasteiger partial charge in [-0.15, -0.1) is 0 Å². The first-order valence-corrected chi connectivity index (χ1v) is 4.68. The van der Waals surface area contributed by atoms with Crippen LogP contribution in [0.4, 0.5) is 11.8 Å². The van der Waals surface area contributed by atoms with Gasteiger partial charge in [-0.05, 0) is 13.3 Å². The van der Waals surface area contributed by atoms with Crippen LogP contribution >= 0.6 is 0 Å². The molecular formula is C9H16N4O. The van der Waals surface area contributed by atoms with Gasteiger partial charge in [0.05, 0.1) is 6.10 Å². The van der Waals surface area contributed by atoms with E-state index in [1.807, 2.05) is 6.92 Å². The molecule has 0 bridgehead atoms. The summed E-state index contributed by atoms with van der Waals surface area (Å²) in [5.41, 5.74) is 10.9. The molecule has 0 saturated carbocycles. The van der Waals surface area contributed by atoms with Crippen LogP contribution in [0.15, 0.2) is 6.07 Å². The smallest absolute Gasteiger partial charge is 0.225 e. The predicted octanol–water partition coefficient (Wildman–Crippen LogP) is 1.21. The molecule has 4 N–H and O–H groups in total. The normalized spacial score (nSPS) is 12.4. The zero-order valence-corrected chi connectivity index (χ0v) is 8.53. The van der Waals surface area contributed by atoms with Crippen LogP contribution in [-0.4, -0.2) is 16.1 Å². The van der Waals surface area contributed by atoms with Gasteiger partial charge in [0.2, 0.25) is 11.8 Å². The van der Waals surface area contributed by atoms with E-state index in [0.29, 0.717) is 11.7 Å². The fraction of sp³-hybridized carbons (Fsp3) is 0.556. The number of hydrogen-bond donors (Lipinski definition) is 2. The van der Waals surface area contributed by atoms with Crippen molar-refractivity contribution in [2.24, 2.45) is 0 Å². The van der Waals surface area contributed by atoms with Crippen LogP contribution in [0.1, 0.15) is 26.7 Å². The minimum atomic E-state index is 0.119. The number of anilines is 2. The summed E-state index contributed by atoms with van der Waals surface area (Å²) in [6.45, 7) is 4.08. The zero-order chi connectivity index (χ0) is 10.6. The largest absolute Gasteiger partial charge is 0.474 e. The van der Waals surface area contributed by atoms with Crippen molar-refractivity contribution in [3.8, 4) is 5.88 Å². The average Bonchev–Trinajstić information content (AvgIpc) is 2.01. The summed E-state index contributed by atoms with van der Waals surface area (Å²) in [6, 6.07) is 1.57. The molecule has 0 aliphatic heterocycles. The molecule has 14 heavy (non-hydrogen) atoms. The quantitative estimate of drug-likeness (QED) is 0.755. The van der Waals surface area contributed by atoms with Crippen molar-refractivity contribution < 1.29 is 4.74 Å². The molecule has 1 aromatic heterocycles. The summed E-state index contributed by atoms with van der Waals surface area (Å²) in [6.07, 6.45) is 2.16. The van der Waals surface area contributed by atoms with Crippen LogP contribution in [0.3, 0.4) is 0 Å². The van der Waals surface area contributed by atoms with E-state index in [1.54, 1.807) is 6.07 Å². The number of ether oxygens (including phenoxy) is 1. The third kappa shape index (κ3) is 3.08. The Balaban J connectivity index is 2.66. The van der Waals surface area contributed by atoms with Gasteiger partial charge in [-0.25, -0.2) is 0 Å². The Morgan fingerprint density at radius 2 is 2.14 bits per heavy atom. The fourth-order valence-electron chi connectivity index (χ4n) is 1.19. The summed E-state index contributed by atoms with van der Waals surface area (Å²) >= 11 is 0. The molecular weight excluding hydrogens is 180 g/mol. The maximum absolute atomic E-state index is 5.51. The second-order valence-corrected chi connectivity index (χ2v) is 3.21. The summed E-state index contributed by atoms with van der Waals surface area (Å²) in [5.74, 6) is 0.913. The predicted molar refractivity (Wildman–Crippen MR) is 55.9 cm³/mol. The molecule has 0 amide bonds. The van der Waals surface area contributed by atoms with E-state index in [1.165, 1.54) is 0 Å². The Morgan fingerprint density at radius 1 is 1.43 bits per heavy atom. The van der Waals surface area contributed by atoms with Gasteiger partial charge < -0.3 is 16.2 Å². The molecule has 5 nitrogen and oxygen atoms in total. The second-order valence-electron chi connectivity index (χ2n) is 3.21. The van der Waals surface area contributed by atoms with Crippen LogP contribution in [0.5, 0.6) is 5.88 Å². The number of nitrogens with two attached hydrogens (primary N) is 2. The lowest BCUT2D eigenvalue weighted by Gasteiger charge is -2.12. The molecule has 1 heterocycles. The minimum Gasteiger partial charge on any atom is -0.474 e. The lowest BCUT2D eigenvalue weighted by molar-refractivity contribution is 0.201. The molecule has 1 rings (SSSR count). The first kappa shape index (κ1) is 10.6. The Hall–Kier alpha value is -1.52. The highest BCUT2D eigenvalue weighted by Crippen LogP contribution is 2.14. The van der Waals surface area contributed by atoms with Crippen LogP contribution in [0.25, 0.3) is 0 Å². The van der Waals surface area contributed by atoms with Gasteiger partial charge in [-0.2, -0.15) is 9.97 Å². The highest BCUT2D eigenvalue weighted by Gasteiger charge is 2.05. The third-order valence-electron chi connectivity index (χ3n) is 1.76. The highest BCUT2D eigenvalue weighted by atomic mass is 16.5. The molecule has 0 saturated heterocycles. The van der Waals surface area contributed by atoms with Gasteiger partial charge >= 0.3 is 0 Å². The highest BCUT2D eigenvalue weighted by molar-refractivity contribution is 5.38. The summed E-state index contributed by atoms with van der Waals surface area (Å²) < 4.78 is 5.51. The number of hydrogen-bond acceptors (Lipinski definition) is 5. The van der Waals surface area contributed by atoms with Gasteiger partial charge in [-0.3, -0.25) is 0 Å². The number of nitrogens with zero attached hydrogens (tertiary/aromatic N) is 2. The lowest BCUT2D eigenvalue weighted by Crippen LogP contribution is -2.13. The summed E-state index contributed by atoms with van der Waals surface area (Å²) in [7, 11) is 0. The van der Waals surface area contributed by atoms with Crippen molar-refractivity contribution >= 4 is 11.8 Å². The van der Waals surface area contributed by atoms with Gasteiger partial charge in [0.15, 0.2) is 0 Å². The standard InChI is InChI=1S/C9H16N4O/c1-3-4-6(2)14-8-5-7(10)12-9(11)13-8/h5-6H,3-4H2,1-2H3,(H4,10,11,12,13). The van der Waals surface area contributed by atoms with Crippen molar-refractivity contribution in [2.45, 2.75) is 32.8 Å². The van der Waals surface area contributed by atoms with Crippen LogP contribution in [0.2, 0.25) is 0 Å². The van der Waals surface area contributed by atoms with Gasteiger partial charge in [0.1, 0.15) is 5.82 Å². The SMILES string of the molecule is CCCC(C)Oc1cc(N)nc(N)n1. The Bertz CT molecular complexity index is 283. The molecule has 5 heteroatoms. The lowest BCUT2D eigenvalue weighted by atomic mass is 10.2. The monoisotopic (exact) mass is 196 g/mol. The van der Waals surface area contributed by atoms with Crippen molar-refractivity contribution in [1.29, 1.82) is 0 Å². The number of nitrogen functional groups attached to an aromatic ring is 2. The van der Waals surface area contributed by atoms with Crippen LogP contribution < -0.4 is 16.2 Å². The van der Waals surface area contributed by atoms with Gasteiger partial charge in [0, 0.05) is 6.07 Å². The number of rotatable bonds is 4. The van der Waals surface area contributed by atoms with Crippen molar-refractivity contribution in [2.75, 3.05) is 11.5 Å². The maximum atomic E-state index is 5.51. The molecule has 1 unspecified atom stereocenters. The first-order valence-electron chi connectivity index (χ1n) is 4.68. The van der Waals surface area contributed by atoms with E-state index in [4.69, 9.17) is 16.2 Å². The summed E-state index contributed by atoms with van der Waals surface area (Å²) in [5, 5.41) is 0. The van der Waals surface area contributed by atoms with E-state index < -0.39 is 0 Å². The van der Waals surface area contributed by atoms with E-state index in [9.17, 15) is 0 Å². The fourth-order valence-corrected chi connectivity index (χ4v) is 1.19. The third-order valence-corrected chi connectivity index (χ3v) is 1.76. The Labute approximate surface area is 83.5 Å². The molecule has 1 atom stereocenters. The Morgan fingerprint density at radius 3 is 2.71 bits per heavy atom. The van der Waals surface area contributed by atoms with Crippen molar-refractivity contribution in [3.63, 3.8) is 0 Å². The molecule has 0 spiro atoms. The van der Waals surface area contributed by atoms with Crippen LogP contribution in [-0.2, 0) is 0 Å². The molecule has 0 aromatic carbocycles. The minimum absolute atomic E-state index is 0.119. The number of aromatic nitrogens is 2. The van der Waals surface area contributed by atoms with Gasteiger partial charge in [-0.1, -0.05) is 13.3 Å². The van der Waals surface area contributed by atoms with E-state index in [-0.39, 0.29) is 12.1 Å².